The molecule has 0 aliphatic heterocycles. The van der Waals surface area contributed by atoms with Gasteiger partial charge < -0.3 is 5.32 Å². The highest BCUT2D eigenvalue weighted by Gasteiger charge is 2.07. The van der Waals surface area contributed by atoms with Crippen molar-refractivity contribution >= 4 is 27.5 Å². The first-order chi connectivity index (χ1) is 11.1. The molecule has 0 aliphatic carbocycles. The van der Waals surface area contributed by atoms with Gasteiger partial charge in [-0.2, -0.15) is 0 Å². The third-order valence-corrected chi connectivity index (χ3v) is 3.77. The first kappa shape index (κ1) is 15.4. The van der Waals surface area contributed by atoms with E-state index in [1.807, 2.05) is 49.4 Å². The number of anilines is 1. The molecule has 0 radical (unpaired) electrons. The van der Waals surface area contributed by atoms with Crippen LogP contribution in [0.1, 0.15) is 16.2 Å². The van der Waals surface area contributed by atoms with Crippen molar-refractivity contribution in [2.24, 2.45) is 0 Å². The van der Waals surface area contributed by atoms with E-state index in [9.17, 15) is 4.79 Å². The molecule has 0 spiro atoms. The highest BCUT2D eigenvalue weighted by Crippen LogP contribution is 2.21. The summed E-state index contributed by atoms with van der Waals surface area (Å²) in [4.78, 5) is 20.8. The third kappa shape index (κ3) is 3.81. The standard InChI is InChI=1S/C18H14BrN3O/c1-12-20-9-8-17(21-12)13-4-3-7-16(11-13)22-18(23)14-5-2-6-15(19)10-14/h2-11H,1H3,(H,22,23). The van der Waals surface area contributed by atoms with Crippen LogP contribution in [0.25, 0.3) is 11.3 Å². The van der Waals surface area contributed by atoms with E-state index in [4.69, 9.17) is 0 Å². The van der Waals surface area contributed by atoms with Crippen molar-refractivity contribution in [2.45, 2.75) is 6.92 Å². The Morgan fingerprint density at radius 3 is 2.70 bits per heavy atom. The van der Waals surface area contributed by atoms with Crippen molar-refractivity contribution in [1.29, 1.82) is 0 Å². The van der Waals surface area contributed by atoms with Crippen LogP contribution in [0.4, 0.5) is 5.69 Å². The highest BCUT2D eigenvalue weighted by atomic mass is 79.9. The topological polar surface area (TPSA) is 54.9 Å². The predicted octanol–water partition coefficient (Wildman–Crippen LogP) is 4.47. The predicted molar refractivity (Wildman–Crippen MR) is 94.3 cm³/mol. The molecular weight excluding hydrogens is 354 g/mol. The second kappa shape index (κ2) is 6.71. The molecule has 1 heterocycles. The van der Waals surface area contributed by atoms with Gasteiger partial charge in [-0.3, -0.25) is 4.79 Å². The van der Waals surface area contributed by atoms with Crippen molar-refractivity contribution in [2.75, 3.05) is 5.32 Å². The van der Waals surface area contributed by atoms with E-state index >= 15 is 0 Å². The molecule has 2 aromatic carbocycles. The third-order valence-electron chi connectivity index (χ3n) is 3.28. The molecule has 0 saturated heterocycles. The van der Waals surface area contributed by atoms with Crippen LogP contribution in [0.5, 0.6) is 0 Å². The Kier molecular flexibility index (Phi) is 4.48. The van der Waals surface area contributed by atoms with Crippen LogP contribution in [0.3, 0.4) is 0 Å². The lowest BCUT2D eigenvalue weighted by Crippen LogP contribution is -2.11. The number of hydrogen-bond donors (Lipinski definition) is 1. The fraction of sp³-hybridized carbons (Fsp3) is 0.0556. The van der Waals surface area contributed by atoms with E-state index in [0.717, 1.165) is 21.4 Å². The van der Waals surface area contributed by atoms with E-state index in [0.29, 0.717) is 11.4 Å². The Bertz CT molecular complexity index is 864. The van der Waals surface area contributed by atoms with Crippen LogP contribution in [-0.2, 0) is 0 Å². The minimum atomic E-state index is -0.151. The quantitative estimate of drug-likeness (QED) is 0.742. The first-order valence-corrected chi connectivity index (χ1v) is 7.88. The summed E-state index contributed by atoms with van der Waals surface area (Å²) < 4.78 is 0.871. The maximum absolute atomic E-state index is 12.3. The van der Waals surface area contributed by atoms with Crippen LogP contribution >= 0.6 is 15.9 Å². The molecule has 3 rings (SSSR count). The minimum absolute atomic E-state index is 0.151. The molecule has 0 bridgehead atoms. The summed E-state index contributed by atoms with van der Waals surface area (Å²) >= 11 is 3.37. The molecule has 1 N–H and O–H groups in total. The fourth-order valence-electron chi connectivity index (χ4n) is 2.21. The van der Waals surface area contributed by atoms with Crippen LogP contribution in [0.2, 0.25) is 0 Å². The van der Waals surface area contributed by atoms with Gasteiger partial charge in [-0.15, -0.1) is 0 Å². The molecule has 0 unspecified atom stereocenters. The van der Waals surface area contributed by atoms with Crippen molar-refractivity contribution in [3.63, 3.8) is 0 Å². The second-order valence-corrected chi connectivity index (χ2v) is 5.95. The molecule has 0 fully saturated rings. The average Bonchev–Trinajstić information content (AvgIpc) is 2.55. The summed E-state index contributed by atoms with van der Waals surface area (Å²) in [5.41, 5.74) is 3.09. The number of carbonyl (C=O) groups is 1. The summed E-state index contributed by atoms with van der Waals surface area (Å²) in [5.74, 6) is 0.563. The van der Waals surface area contributed by atoms with Gasteiger partial charge in [-0.1, -0.05) is 34.1 Å². The summed E-state index contributed by atoms with van der Waals surface area (Å²) in [7, 11) is 0. The second-order valence-electron chi connectivity index (χ2n) is 5.03. The van der Waals surface area contributed by atoms with E-state index < -0.39 is 0 Å². The number of carbonyl (C=O) groups excluding carboxylic acids is 1. The van der Waals surface area contributed by atoms with E-state index in [1.165, 1.54) is 0 Å². The van der Waals surface area contributed by atoms with Gasteiger partial charge in [0.15, 0.2) is 0 Å². The number of halogens is 1. The smallest absolute Gasteiger partial charge is 0.255 e. The summed E-state index contributed by atoms with van der Waals surface area (Å²) in [6, 6.07) is 16.7. The number of amides is 1. The van der Waals surface area contributed by atoms with Crippen LogP contribution < -0.4 is 5.32 Å². The Hall–Kier alpha value is -2.53. The fourth-order valence-corrected chi connectivity index (χ4v) is 2.61. The lowest BCUT2D eigenvalue weighted by atomic mass is 10.1. The normalized spacial score (nSPS) is 10.3. The maximum atomic E-state index is 12.3. The summed E-state index contributed by atoms with van der Waals surface area (Å²) in [6.07, 6.45) is 1.73. The van der Waals surface area contributed by atoms with Gasteiger partial charge in [0.2, 0.25) is 0 Å². The first-order valence-electron chi connectivity index (χ1n) is 7.09. The van der Waals surface area contributed by atoms with Gasteiger partial charge in [-0.05, 0) is 43.3 Å². The van der Waals surface area contributed by atoms with Crippen LogP contribution in [0, 0.1) is 6.92 Å². The monoisotopic (exact) mass is 367 g/mol. The number of hydrogen-bond acceptors (Lipinski definition) is 3. The zero-order chi connectivity index (χ0) is 16.2. The van der Waals surface area contributed by atoms with Gasteiger partial charge in [0.1, 0.15) is 5.82 Å². The number of benzene rings is 2. The van der Waals surface area contributed by atoms with Gasteiger partial charge in [0.05, 0.1) is 5.69 Å². The molecular formula is C18H14BrN3O. The van der Waals surface area contributed by atoms with Gasteiger partial charge in [0.25, 0.3) is 5.91 Å². The minimum Gasteiger partial charge on any atom is -0.322 e. The Morgan fingerprint density at radius 1 is 1.09 bits per heavy atom. The van der Waals surface area contributed by atoms with Gasteiger partial charge >= 0.3 is 0 Å². The number of rotatable bonds is 3. The van der Waals surface area contributed by atoms with Crippen molar-refractivity contribution in [3.8, 4) is 11.3 Å². The lowest BCUT2D eigenvalue weighted by molar-refractivity contribution is 0.102. The van der Waals surface area contributed by atoms with Crippen molar-refractivity contribution < 1.29 is 4.79 Å². The molecule has 0 atom stereocenters. The maximum Gasteiger partial charge on any atom is 0.255 e. The molecule has 3 aromatic rings. The Balaban J connectivity index is 1.84. The molecule has 0 aliphatic rings. The summed E-state index contributed by atoms with van der Waals surface area (Å²) in [5, 5.41) is 2.91. The van der Waals surface area contributed by atoms with Crippen LogP contribution in [-0.4, -0.2) is 15.9 Å². The Labute approximate surface area is 142 Å². The van der Waals surface area contributed by atoms with Gasteiger partial charge in [0, 0.05) is 27.5 Å². The van der Waals surface area contributed by atoms with E-state index in [2.05, 4.69) is 31.2 Å². The average molecular weight is 368 g/mol. The van der Waals surface area contributed by atoms with Crippen molar-refractivity contribution in [1.82, 2.24) is 9.97 Å². The van der Waals surface area contributed by atoms with E-state index in [-0.39, 0.29) is 5.91 Å². The molecule has 0 saturated carbocycles. The zero-order valence-electron chi connectivity index (χ0n) is 12.5. The molecule has 4 nitrogen and oxygen atoms in total. The van der Waals surface area contributed by atoms with Gasteiger partial charge in [-0.25, -0.2) is 9.97 Å². The van der Waals surface area contributed by atoms with E-state index in [1.54, 1.807) is 18.3 Å². The van der Waals surface area contributed by atoms with Crippen molar-refractivity contribution in [3.05, 3.63) is 76.7 Å². The lowest BCUT2D eigenvalue weighted by Gasteiger charge is -2.08. The summed E-state index contributed by atoms with van der Waals surface area (Å²) in [6.45, 7) is 1.85. The zero-order valence-corrected chi connectivity index (χ0v) is 14.0. The molecule has 23 heavy (non-hydrogen) atoms. The molecule has 114 valence electrons. The molecule has 1 amide bonds. The SMILES string of the molecule is Cc1nccc(-c2cccc(NC(=O)c3cccc(Br)c3)c2)n1. The number of aromatic nitrogens is 2. The van der Waals surface area contributed by atoms with Crippen LogP contribution in [0.15, 0.2) is 65.3 Å². The molecule has 1 aromatic heterocycles. The number of nitrogens with one attached hydrogen (secondary N) is 1. The number of aryl methyl sites for hydroxylation is 1. The molecule has 5 heteroatoms. The number of nitrogens with zero attached hydrogens (tertiary/aromatic N) is 2. The highest BCUT2D eigenvalue weighted by molar-refractivity contribution is 9.10. The largest absolute Gasteiger partial charge is 0.322 e. The Morgan fingerprint density at radius 2 is 1.91 bits per heavy atom.